The van der Waals surface area contributed by atoms with Crippen LogP contribution < -0.4 is 0 Å². The lowest BCUT2D eigenvalue weighted by Crippen LogP contribution is -2.37. The topological polar surface area (TPSA) is 58.4 Å². The maximum atomic E-state index is 12.9. The molecule has 2 amide bonds. The number of aromatic nitrogens is 2. The van der Waals surface area contributed by atoms with E-state index in [2.05, 4.69) is 4.98 Å². The van der Waals surface area contributed by atoms with E-state index in [0.29, 0.717) is 31.7 Å². The second-order valence-corrected chi connectivity index (χ2v) is 6.52. The Bertz CT molecular complexity index is 782. The van der Waals surface area contributed by atoms with Crippen molar-refractivity contribution in [2.45, 2.75) is 20.3 Å². The molecule has 6 nitrogen and oxygen atoms in total. The van der Waals surface area contributed by atoms with Crippen LogP contribution in [-0.2, 0) is 7.05 Å². The number of carbonyl (C=O) groups is 2. The second kappa shape index (κ2) is 7.09. The van der Waals surface area contributed by atoms with E-state index in [0.717, 1.165) is 23.4 Å². The predicted octanol–water partition coefficient (Wildman–Crippen LogP) is 2.03. The smallest absolute Gasteiger partial charge is 0.255 e. The Morgan fingerprint density at radius 2 is 1.72 bits per heavy atom. The molecule has 0 atom stereocenters. The fourth-order valence-corrected chi connectivity index (χ4v) is 3.24. The third-order valence-electron chi connectivity index (χ3n) is 4.98. The number of rotatable bonds is 2. The van der Waals surface area contributed by atoms with Crippen molar-refractivity contribution in [3.05, 3.63) is 53.1 Å². The van der Waals surface area contributed by atoms with E-state index in [1.807, 2.05) is 41.3 Å². The predicted molar refractivity (Wildman–Crippen MR) is 95.5 cm³/mol. The van der Waals surface area contributed by atoms with Gasteiger partial charge in [0.05, 0.1) is 11.1 Å². The first kappa shape index (κ1) is 17.2. The molecule has 0 unspecified atom stereocenters. The molecular formula is C19H24N4O2. The summed E-state index contributed by atoms with van der Waals surface area (Å²) in [5.74, 6) is 0.0333. The van der Waals surface area contributed by atoms with Gasteiger partial charge in [-0.1, -0.05) is 0 Å². The number of nitrogens with zero attached hydrogens (tertiary/aromatic N) is 4. The molecule has 0 saturated carbocycles. The van der Waals surface area contributed by atoms with Gasteiger partial charge in [-0.05, 0) is 38.5 Å². The Hall–Kier alpha value is -2.63. The van der Waals surface area contributed by atoms with Crippen LogP contribution in [0.25, 0.3) is 0 Å². The summed E-state index contributed by atoms with van der Waals surface area (Å²) in [6.07, 6.45) is 4.03. The molecule has 1 aliphatic heterocycles. The van der Waals surface area contributed by atoms with Crippen LogP contribution in [0.5, 0.6) is 0 Å². The van der Waals surface area contributed by atoms with Crippen molar-refractivity contribution < 1.29 is 9.59 Å². The van der Waals surface area contributed by atoms with Crippen LogP contribution >= 0.6 is 0 Å². The van der Waals surface area contributed by atoms with Gasteiger partial charge in [0.2, 0.25) is 0 Å². The van der Waals surface area contributed by atoms with Gasteiger partial charge in [-0.25, -0.2) is 0 Å². The molecule has 2 aromatic heterocycles. The first-order chi connectivity index (χ1) is 12.0. The van der Waals surface area contributed by atoms with Crippen LogP contribution in [0.15, 0.2) is 30.6 Å². The highest BCUT2D eigenvalue weighted by Gasteiger charge is 2.25. The van der Waals surface area contributed by atoms with Crippen molar-refractivity contribution >= 4 is 11.8 Å². The summed E-state index contributed by atoms with van der Waals surface area (Å²) in [4.78, 5) is 33.1. The summed E-state index contributed by atoms with van der Waals surface area (Å²) >= 11 is 0. The number of pyridine rings is 1. The summed E-state index contributed by atoms with van der Waals surface area (Å²) in [7, 11) is 1.97. The van der Waals surface area contributed by atoms with E-state index < -0.39 is 0 Å². The van der Waals surface area contributed by atoms with Crippen LogP contribution in [0.1, 0.15) is 38.5 Å². The Balaban J connectivity index is 1.70. The Morgan fingerprint density at radius 3 is 2.28 bits per heavy atom. The normalized spacial score (nSPS) is 15.2. The van der Waals surface area contributed by atoms with E-state index in [-0.39, 0.29) is 11.8 Å². The van der Waals surface area contributed by atoms with Gasteiger partial charge in [0.15, 0.2) is 0 Å². The minimum atomic E-state index is -0.0193. The van der Waals surface area contributed by atoms with E-state index in [4.69, 9.17) is 0 Å². The summed E-state index contributed by atoms with van der Waals surface area (Å²) in [5.41, 5.74) is 3.41. The quantitative estimate of drug-likeness (QED) is 0.840. The van der Waals surface area contributed by atoms with Gasteiger partial charge in [0, 0.05) is 57.0 Å². The summed E-state index contributed by atoms with van der Waals surface area (Å²) in [5, 5.41) is 0. The zero-order chi connectivity index (χ0) is 18.0. The summed E-state index contributed by atoms with van der Waals surface area (Å²) in [6, 6.07) is 5.49. The van der Waals surface area contributed by atoms with Crippen molar-refractivity contribution in [2.24, 2.45) is 7.05 Å². The van der Waals surface area contributed by atoms with E-state index in [1.54, 1.807) is 24.5 Å². The highest BCUT2D eigenvalue weighted by atomic mass is 16.2. The SMILES string of the molecule is Cc1cc(C(=O)N2CCCN(C(=O)c3cccnc3)CC2)c(C)n1C. The van der Waals surface area contributed by atoms with Crippen LogP contribution in [0.4, 0.5) is 0 Å². The van der Waals surface area contributed by atoms with Crippen LogP contribution in [-0.4, -0.2) is 57.3 Å². The van der Waals surface area contributed by atoms with Crippen LogP contribution in [0, 0.1) is 13.8 Å². The second-order valence-electron chi connectivity index (χ2n) is 6.52. The van der Waals surface area contributed by atoms with Gasteiger partial charge in [0.1, 0.15) is 0 Å². The van der Waals surface area contributed by atoms with Gasteiger partial charge in [-0.3, -0.25) is 14.6 Å². The minimum Gasteiger partial charge on any atom is -0.351 e. The van der Waals surface area contributed by atoms with Gasteiger partial charge < -0.3 is 14.4 Å². The lowest BCUT2D eigenvalue weighted by atomic mass is 10.2. The van der Waals surface area contributed by atoms with Gasteiger partial charge in [-0.2, -0.15) is 0 Å². The molecule has 1 fully saturated rings. The van der Waals surface area contributed by atoms with Crippen molar-refractivity contribution in [3.63, 3.8) is 0 Å². The number of amides is 2. The molecule has 0 spiro atoms. The largest absolute Gasteiger partial charge is 0.351 e. The lowest BCUT2D eigenvalue weighted by Gasteiger charge is -2.22. The minimum absolute atomic E-state index is 0.0193. The average molecular weight is 340 g/mol. The fourth-order valence-electron chi connectivity index (χ4n) is 3.24. The first-order valence-electron chi connectivity index (χ1n) is 8.60. The van der Waals surface area contributed by atoms with Gasteiger partial charge >= 0.3 is 0 Å². The molecule has 0 bridgehead atoms. The molecule has 25 heavy (non-hydrogen) atoms. The van der Waals surface area contributed by atoms with E-state index in [1.165, 1.54) is 0 Å². The molecule has 3 heterocycles. The molecule has 1 saturated heterocycles. The molecule has 132 valence electrons. The third-order valence-corrected chi connectivity index (χ3v) is 4.98. The molecule has 2 aromatic rings. The Kier molecular flexibility index (Phi) is 4.88. The van der Waals surface area contributed by atoms with Crippen molar-refractivity contribution in [3.8, 4) is 0 Å². The standard InChI is InChI=1S/C19H24N4O2/c1-14-12-17(15(2)21(14)3)19(25)23-9-5-8-22(10-11-23)18(24)16-6-4-7-20-13-16/h4,6-7,12-13H,5,8-11H2,1-3H3. The molecule has 6 heteroatoms. The van der Waals surface area contributed by atoms with E-state index >= 15 is 0 Å². The Morgan fingerprint density at radius 1 is 1.04 bits per heavy atom. The van der Waals surface area contributed by atoms with E-state index in [9.17, 15) is 9.59 Å². The lowest BCUT2D eigenvalue weighted by molar-refractivity contribution is 0.0718. The fraction of sp³-hybridized carbons (Fsp3) is 0.421. The zero-order valence-corrected chi connectivity index (χ0v) is 15.0. The Labute approximate surface area is 148 Å². The number of carbonyl (C=O) groups excluding carboxylic acids is 2. The van der Waals surface area contributed by atoms with Crippen molar-refractivity contribution in [1.82, 2.24) is 19.4 Å². The third kappa shape index (κ3) is 3.43. The molecule has 0 radical (unpaired) electrons. The number of aryl methyl sites for hydroxylation is 1. The average Bonchev–Trinajstić information content (AvgIpc) is 2.83. The summed E-state index contributed by atoms with van der Waals surface area (Å²) in [6.45, 7) is 6.40. The molecule has 0 aliphatic carbocycles. The number of hydrogen-bond donors (Lipinski definition) is 0. The van der Waals surface area contributed by atoms with Crippen molar-refractivity contribution in [1.29, 1.82) is 0 Å². The highest BCUT2D eigenvalue weighted by molar-refractivity contribution is 5.96. The molecule has 3 rings (SSSR count). The van der Waals surface area contributed by atoms with Gasteiger partial charge in [-0.15, -0.1) is 0 Å². The molecule has 0 N–H and O–H groups in total. The zero-order valence-electron chi connectivity index (χ0n) is 15.0. The van der Waals surface area contributed by atoms with Gasteiger partial charge in [0.25, 0.3) is 11.8 Å². The molecule has 1 aliphatic rings. The monoisotopic (exact) mass is 340 g/mol. The first-order valence-corrected chi connectivity index (χ1v) is 8.60. The molecule has 0 aromatic carbocycles. The van der Waals surface area contributed by atoms with Crippen LogP contribution in [0.2, 0.25) is 0 Å². The molecular weight excluding hydrogens is 316 g/mol. The number of hydrogen-bond acceptors (Lipinski definition) is 3. The maximum Gasteiger partial charge on any atom is 0.255 e. The van der Waals surface area contributed by atoms with Crippen LogP contribution in [0.3, 0.4) is 0 Å². The highest BCUT2D eigenvalue weighted by Crippen LogP contribution is 2.17. The van der Waals surface area contributed by atoms with Crippen molar-refractivity contribution in [2.75, 3.05) is 26.2 Å². The summed E-state index contributed by atoms with van der Waals surface area (Å²) < 4.78 is 2.03. The maximum absolute atomic E-state index is 12.9.